The van der Waals surface area contributed by atoms with Crippen LogP contribution in [0.15, 0.2) is 12.1 Å². The second-order valence-electron chi connectivity index (χ2n) is 3.83. The van der Waals surface area contributed by atoms with E-state index in [9.17, 15) is 23.3 Å². The summed E-state index contributed by atoms with van der Waals surface area (Å²) in [7, 11) is 1.29. The average Bonchev–Trinajstić information content (AvgIpc) is 2.52. The molecule has 0 spiro atoms. The molecule has 1 aromatic carbocycles. The average molecular weight is 277 g/mol. The van der Waals surface area contributed by atoms with Gasteiger partial charge in [-0.2, -0.15) is 0 Å². The molecular formula is C9H8F3N4O3+. The summed E-state index contributed by atoms with van der Waals surface area (Å²) in [6, 6.07) is 2.57. The number of nitro benzene ring substituents is 1. The fourth-order valence-corrected chi connectivity index (χ4v) is 1.74. The molecule has 7 nitrogen and oxygen atoms in total. The molecule has 2 rings (SSSR count). The van der Waals surface area contributed by atoms with E-state index in [1.165, 1.54) is 26.1 Å². The van der Waals surface area contributed by atoms with E-state index in [0.29, 0.717) is 5.56 Å². The number of halogens is 3. The topological polar surface area (TPSA) is 74.1 Å². The lowest BCUT2D eigenvalue weighted by Gasteiger charge is -2.00. The van der Waals surface area contributed by atoms with Crippen LogP contribution < -0.4 is 9.52 Å². The molecule has 19 heavy (non-hydrogen) atoms. The first-order valence-corrected chi connectivity index (χ1v) is 4.99. The summed E-state index contributed by atoms with van der Waals surface area (Å²) >= 11 is 0. The lowest BCUT2D eigenvalue weighted by atomic mass is 10.2. The van der Waals surface area contributed by atoms with Gasteiger partial charge in [0, 0.05) is 6.07 Å². The predicted molar refractivity (Wildman–Crippen MR) is 54.9 cm³/mol. The van der Waals surface area contributed by atoms with E-state index in [1.807, 2.05) is 0 Å². The first-order chi connectivity index (χ1) is 8.69. The number of hydrogen-bond acceptors (Lipinski definition) is 4. The van der Waals surface area contributed by atoms with Gasteiger partial charge in [-0.15, -0.1) is 17.9 Å². The second-order valence-corrected chi connectivity index (χ2v) is 3.83. The first kappa shape index (κ1) is 13.1. The summed E-state index contributed by atoms with van der Waals surface area (Å²) in [6.45, 7) is 1.53. The second kappa shape index (κ2) is 4.07. The third-order valence-corrected chi connectivity index (χ3v) is 2.35. The van der Waals surface area contributed by atoms with Crippen molar-refractivity contribution in [1.29, 1.82) is 0 Å². The zero-order valence-corrected chi connectivity index (χ0v) is 9.80. The predicted octanol–water partition coefficient (Wildman–Crippen LogP) is 1.03. The Hall–Kier alpha value is -2.39. The summed E-state index contributed by atoms with van der Waals surface area (Å²) in [4.78, 5) is 14.1. The van der Waals surface area contributed by atoms with Gasteiger partial charge >= 0.3 is 12.0 Å². The molecule has 1 aromatic heterocycles. The Morgan fingerprint density at radius 2 is 2.11 bits per heavy atom. The van der Waals surface area contributed by atoms with Crippen LogP contribution in [0.1, 0.15) is 5.56 Å². The van der Waals surface area contributed by atoms with Crippen molar-refractivity contribution in [2.75, 3.05) is 0 Å². The summed E-state index contributed by atoms with van der Waals surface area (Å²) in [5, 5.41) is 14.4. The molecule has 0 aliphatic heterocycles. The van der Waals surface area contributed by atoms with Gasteiger partial charge in [-0.1, -0.05) is 0 Å². The number of aryl methyl sites for hydroxylation is 2. The van der Waals surface area contributed by atoms with Crippen molar-refractivity contribution in [3.05, 3.63) is 27.8 Å². The van der Waals surface area contributed by atoms with E-state index < -0.39 is 11.3 Å². The van der Waals surface area contributed by atoms with Gasteiger partial charge in [0.2, 0.25) is 0 Å². The van der Waals surface area contributed by atoms with E-state index in [0.717, 1.165) is 4.68 Å². The van der Waals surface area contributed by atoms with Crippen LogP contribution in [0.25, 0.3) is 11.0 Å². The summed E-state index contributed by atoms with van der Waals surface area (Å²) in [6.07, 6.45) is -4.94. The van der Waals surface area contributed by atoms with Crippen LogP contribution in [0.2, 0.25) is 0 Å². The Morgan fingerprint density at radius 3 is 2.63 bits per heavy atom. The van der Waals surface area contributed by atoms with E-state index in [-0.39, 0.29) is 21.6 Å². The van der Waals surface area contributed by atoms with Gasteiger partial charge in [0.1, 0.15) is 12.3 Å². The summed E-state index contributed by atoms with van der Waals surface area (Å²) < 4.78 is 37.6. The Morgan fingerprint density at radius 1 is 1.47 bits per heavy atom. The minimum atomic E-state index is -4.94. The third kappa shape index (κ3) is 2.41. The Balaban J connectivity index is 2.73. The largest absolute Gasteiger partial charge is 0.610 e. The first-order valence-electron chi connectivity index (χ1n) is 4.99. The Bertz CT molecular complexity index is 665. The number of aromatic nitrogens is 3. The SMILES string of the molecule is Cc1cc([N+](=O)[O-])c2c(c1)n(OC(F)(F)F)n[n+]2C. The standard InChI is InChI=1S/C9H8F3N4O3/c1-5-3-6-8(7(4-5)16(17)18)14(2)13-15(6)19-9(10,11)12/h3-4H,1-2H3/q+1. The molecule has 0 amide bonds. The molecule has 10 heteroatoms. The zero-order valence-electron chi connectivity index (χ0n) is 9.80. The van der Waals surface area contributed by atoms with Gasteiger partial charge < -0.3 is 0 Å². The summed E-state index contributed by atoms with van der Waals surface area (Å²) in [5.74, 6) is 0. The Labute approximate surface area is 103 Å². The highest BCUT2D eigenvalue weighted by Gasteiger charge is 2.39. The number of hydrogen-bond donors (Lipinski definition) is 0. The number of nitrogens with zero attached hydrogens (tertiary/aromatic N) is 4. The lowest BCUT2D eigenvalue weighted by molar-refractivity contribution is -0.713. The van der Waals surface area contributed by atoms with E-state index in [1.54, 1.807) is 0 Å². The van der Waals surface area contributed by atoms with Crippen LogP contribution >= 0.6 is 0 Å². The molecule has 0 N–H and O–H groups in total. The lowest BCUT2D eigenvalue weighted by Crippen LogP contribution is -2.35. The highest BCUT2D eigenvalue weighted by molar-refractivity contribution is 5.81. The molecule has 0 aliphatic carbocycles. The molecule has 0 atom stereocenters. The smallest absolute Gasteiger partial charge is 0.258 e. The number of benzene rings is 1. The molecule has 0 saturated carbocycles. The monoisotopic (exact) mass is 277 g/mol. The van der Waals surface area contributed by atoms with Gasteiger partial charge in [-0.05, 0) is 18.6 Å². The molecule has 0 saturated heterocycles. The number of rotatable bonds is 2. The number of alkyl halides is 3. The van der Waals surface area contributed by atoms with Crippen molar-refractivity contribution in [3.8, 4) is 0 Å². The van der Waals surface area contributed by atoms with Crippen LogP contribution in [-0.4, -0.2) is 21.3 Å². The van der Waals surface area contributed by atoms with Crippen LogP contribution in [-0.2, 0) is 7.05 Å². The Kier molecular flexibility index (Phi) is 2.80. The highest BCUT2D eigenvalue weighted by Crippen LogP contribution is 2.24. The number of non-ortho nitro benzene ring substituents is 1. The fraction of sp³-hybridized carbons (Fsp3) is 0.333. The van der Waals surface area contributed by atoms with Gasteiger partial charge in [0.15, 0.2) is 0 Å². The minimum absolute atomic E-state index is 0.0557. The van der Waals surface area contributed by atoms with Crippen molar-refractivity contribution < 1.29 is 27.6 Å². The van der Waals surface area contributed by atoms with Crippen LogP contribution in [0, 0.1) is 17.0 Å². The highest BCUT2D eigenvalue weighted by atomic mass is 19.4. The number of fused-ring (bicyclic) bond motifs is 1. The molecule has 1 heterocycles. The molecule has 0 aliphatic rings. The molecule has 2 aromatic rings. The van der Waals surface area contributed by atoms with Gasteiger partial charge in [-0.3, -0.25) is 10.1 Å². The normalized spacial score (nSPS) is 11.8. The van der Waals surface area contributed by atoms with Crippen molar-refractivity contribution in [3.63, 3.8) is 0 Å². The van der Waals surface area contributed by atoms with Crippen molar-refractivity contribution >= 4 is 16.7 Å². The van der Waals surface area contributed by atoms with E-state index in [4.69, 9.17) is 0 Å². The molecular weight excluding hydrogens is 269 g/mol. The minimum Gasteiger partial charge on any atom is -0.258 e. The van der Waals surface area contributed by atoms with Crippen molar-refractivity contribution in [2.45, 2.75) is 13.3 Å². The van der Waals surface area contributed by atoms with Gasteiger partial charge in [0.25, 0.3) is 11.0 Å². The maximum Gasteiger partial charge on any atom is 0.610 e. The van der Waals surface area contributed by atoms with Crippen LogP contribution in [0.5, 0.6) is 0 Å². The zero-order chi connectivity index (χ0) is 14.4. The van der Waals surface area contributed by atoms with E-state index in [2.05, 4.69) is 10.1 Å². The molecule has 0 radical (unpaired) electrons. The third-order valence-electron chi connectivity index (χ3n) is 2.35. The van der Waals surface area contributed by atoms with E-state index >= 15 is 0 Å². The fourth-order valence-electron chi connectivity index (χ4n) is 1.74. The molecule has 102 valence electrons. The van der Waals surface area contributed by atoms with Crippen molar-refractivity contribution in [1.82, 2.24) is 10.1 Å². The molecule has 0 unspecified atom stereocenters. The maximum atomic E-state index is 12.2. The maximum absolute atomic E-state index is 12.2. The molecule has 0 fully saturated rings. The van der Waals surface area contributed by atoms with Crippen LogP contribution in [0.3, 0.4) is 0 Å². The quantitative estimate of drug-likeness (QED) is 0.467. The van der Waals surface area contributed by atoms with Crippen molar-refractivity contribution in [2.24, 2.45) is 7.05 Å². The van der Waals surface area contributed by atoms with Crippen LogP contribution in [0.4, 0.5) is 18.9 Å². The van der Waals surface area contributed by atoms with Gasteiger partial charge in [0.05, 0.1) is 9.77 Å². The van der Waals surface area contributed by atoms with Gasteiger partial charge in [-0.25, -0.2) is 4.84 Å². The molecule has 0 bridgehead atoms. The number of nitro groups is 1. The summed E-state index contributed by atoms with van der Waals surface area (Å²) in [5.41, 5.74) is -0.104.